The van der Waals surface area contributed by atoms with Crippen molar-refractivity contribution in [1.82, 2.24) is 4.90 Å². The Bertz CT molecular complexity index is 375. The first-order chi connectivity index (χ1) is 8.75. The molecule has 19 heavy (non-hydrogen) atoms. The quantitative estimate of drug-likeness (QED) is 0.721. The highest BCUT2D eigenvalue weighted by Crippen LogP contribution is 2.32. The van der Waals surface area contributed by atoms with Crippen LogP contribution in [0.1, 0.15) is 33.6 Å². The molecule has 0 saturated heterocycles. The molecule has 0 aliphatic heterocycles. The van der Waals surface area contributed by atoms with Crippen molar-refractivity contribution in [2.45, 2.75) is 39.7 Å². The molecule has 1 fully saturated rings. The second-order valence-electron chi connectivity index (χ2n) is 5.53. The number of rotatable bonds is 7. The molecular formula is C13H21NO5. The molecule has 6 heteroatoms. The van der Waals surface area contributed by atoms with Crippen LogP contribution in [0.4, 0.5) is 0 Å². The van der Waals surface area contributed by atoms with E-state index in [2.05, 4.69) is 0 Å². The van der Waals surface area contributed by atoms with Gasteiger partial charge in [0.1, 0.15) is 6.04 Å². The lowest BCUT2D eigenvalue weighted by atomic mass is 10.00. The number of hydrogen-bond acceptors (Lipinski definition) is 3. The molecule has 1 aliphatic carbocycles. The average Bonchev–Trinajstić information content (AvgIpc) is 3.09. The molecule has 0 aromatic heterocycles. The Labute approximate surface area is 112 Å². The van der Waals surface area contributed by atoms with Crippen LogP contribution in [0.3, 0.4) is 0 Å². The monoisotopic (exact) mass is 271 g/mol. The number of carbonyl (C=O) groups excluding carboxylic acids is 1. The van der Waals surface area contributed by atoms with Gasteiger partial charge in [-0.05, 0) is 18.8 Å². The van der Waals surface area contributed by atoms with Crippen molar-refractivity contribution in [1.29, 1.82) is 0 Å². The highest BCUT2D eigenvalue weighted by atomic mass is 16.4. The standard InChI is InChI=1S/C13H21NO5/c1-7(2)10(13(18)19)14(6-8(3)12(16)17)11(15)9-4-5-9/h7-10H,4-6H2,1-3H3,(H,16,17)(H,18,19). The Morgan fingerprint density at radius 3 is 1.95 bits per heavy atom. The van der Waals surface area contributed by atoms with Gasteiger partial charge in [-0.1, -0.05) is 20.8 Å². The first-order valence-electron chi connectivity index (χ1n) is 6.51. The van der Waals surface area contributed by atoms with Gasteiger partial charge in [-0.2, -0.15) is 0 Å². The van der Waals surface area contributed by atoms with Gasteiger partial charge in [0.05, 0.1) is 5.92 Å². The lowest BCUT2D eigenvalue weighted by Crippen LogP contribution is -2.51. The molecule has 2 atom stereocenters. The second kappa shape index (κ2) is 6.04. The minimum atomic E-state index is -1.08. The third kappa shape index (κ3) is 3.94. The Balaban J connectivity index is 2.92. The van der Waals surface area contributed by atoms with E-state index in [0.29, 0.717) is 0 Å². The molecule has 6 nitrogen and oxygen atoms in total. The number of carboxylic acids is 2. The summed E-state index contributed by atoms with van der Waals surface area (Å²) in [5, 5.41) is 18.2. The summed E-state index contributed by atoms with van der Waals surface area (Å²) in [4.78, 5) is 35.7. The molecule has 0 heterocycles. The van der Waals surface area contributed by atoms with Crippen LogP contribution in [0.25, 0.3) is 0 Å². The van der Waals surface area contributed by atoms with Crippen molar-refractivity contribution in [2.75, 3.05) is 6.54 Å². The molecule has 1 amide bonds. The third-order valence-corrected chi connectivity index (χ3v) is 3.32. The molecule has 1 aliphatic rings. The molecule has 0 radical (unpaired) electrons. The van der Waals surface area contributed by atoms with Crippen molar-refractivity contribution in [3.8, 4) is 0 Å². The first-order valence-corrected chi connectivity index (χ1v) is 6.51. The zero-order chi connectivity index (χ0) is 14.7. The summed E-state index contributed by atoms with van der Waals surface area (Å²) in [5.41, 5.74) is 0. The van der Waals surface area contributed by atoms with Gasteiger partial charge in [0.2, 0.25) is 5.91 Å². The molecule has 1 rings (SSSR count). The molecule has 108 valence electrons. The summed E-state index contributed by atoms with van der Waals surface area (Å²) in [5.74, 6) is -3.50. The molecular weight excluding hydrogens is 250 g/mol. The van der Waals surface area contributed by atoms with Gasteiger partial charge in [0.25, 0.3) is 0 Å². The van der Waals surface area contributed by atoms with E-state index in [1.807, 2.05) is 0 Å². The van der Waals surface area contributed by atoms with Crippen LogP contribution in [0.5, 0.6) is 0 Å². The predicted molar refractivity (Wildman–Crippen MR) is 67.5 cm³/mol. The molecule has 0 spiro atoms. The van der Waals surface area contributed by atoms with Gasteiger partial charge in [0.15, 0.2) is 0 Å². The Kier molecular flexibility index (Phi) is 4.91. The number of hydrogen-bond donors (Lipinski definition) is 2. The van der Waals surface area contributed by atoms with Gasteiger partial charge >= 0.3 is 11.9 Å². The maximum atomic E-state index is 12.2. The van der Waals surface area contributed by atoms with Crippen LogP contribution in [0, 0.1) is 17.8 Å². The zero-order valence-electron chi connectivity index (χ0n) is 11.5. The largest absolute Gasteiger partial charge is 0.481 e. The van der Waals surface area contributed by atoms with E-state index in [9.17, 15) is 19.5 Å². The fraction of sp³-hybridized carbons (Fsp3) is 0.769. The maximum Gasteiger partial charge on any atom is 0.326 e. The van der Waals surface area contributed by atoms with E-state index in [0.717, 1.165) is 12.8 Å². The minimum Gasteiger partial charge on any atom is -0.481 e. The lowest BCUT2D eigenvalue weighted by molar-refractivity contribution is -0.155. The predicted octanol–water partition coefficient (Wildman–Crippen LogP) is 1.05. The van der Waals surface area contributed by atoms with Gasteiger partial charge in [-0.25, -0.2) is 4.79 Å². The fourth-order valence-electron chi connectivity index (χ4n) is 2.06. The minimum absolute atomic E-state index is 0.0557. The first kappa shape index (κ1) is 15.5. The van der Waals surface area contributed by atoms with Crippen LogP contribution in [-0.4, -0.2) is 45.5 Å². The van der Waals surface area contributed by atoms with E-state index >= 15 is 0 Å². The van der Waals surface area contributed by atoms with Crippen molar-refractivity contribution in [3.63, 3.8) is 0 Å². The Hall–Kier alpha value is -1.59. The number of carboxylic acid groups (broad SMARTS) is 2. The summed E-state index contributed by atoms with van der Waals surface area (Å²) in [6, 6.07) is -0.963. The van der Waals surface area contributed by atoms with Crippen molar-refractivity contribution >= 4 is 17.8 Å². The smallest absolute Gasteiger partial charge is 0.326 e. The van der Waals surface area contributed by atoms with Crippen LogP contribution < -0.4 is 0 Å². The van der Waals surface area contributed by atoms with E-state index in [4.69, 9.17) is 5.11 Å². The summed E-state index contributed by atoms with van der Waals surface area (Å²) in [6.07, 6.45) is 1.53. The van der Waals surface area contributed by atoms with Gasteiger partial charge in [-0.3, -0.25) is 9.59 Å². The van der Waals surface area contributed by atoms with E-state index < -0.39 is 23.9 Å². The third-order valence-electron chi connectivity index (χ3n) is 3.32. The normalized spacial score (nSPS) is 17.9. The summed E-state index contributed by atoms with van der Waals surface area (Å²) in [6.45, 7) is 4.86. The van der Waals surface area contributed by atoms with Crippen LogP contribution in [-0.2, 0) is 14.4 Å². The van der Waals surface area contributed by atoms with Crippen LogP contribution in [0.15, 0.2) is 0 Å². The highest BCUT2D eigenvalue weighted by Gasteiger charge is 2.40. The van der Waals surface area contributed by atoms with Crippen LogP contribution >= 0.6 is 0 Å². The Morgan fingerprint density at radius 1 is 1.11 bits per heavy atom. The summed E-state index contributed by atoms with van der Waals surface area (Å²) < 4.78 is 0. The molecule has 0 aromatic carbocycles. The summed E-state index contributed by atoms with van der Waals surface area (Å²) >= 11 is 0. The van der Waals surface area contributed by atoms with E-state index in [1.165, 1.54) is 11.8 Å². The molecule has 0 bridgehead atoms. The van der Waals surface area contributed by atoms with Gasteiger partial charge in [-0.15, -0.1) is 0 Å². The molecule has 2 unspecified atom stereocenters. The van der Waals surface area contributed by atoms with Gasteiger partial charge < -0.3 is 15.1 Å². The van der Waals surface area contributed by atoms with Crippen LogP contribution in [0.2, 0.25) is 0 Å². The second-order valence-corrected chi connectivity index (χ2v) is 5.53. The van der Waals surface area contributed by atoms with Crippen molar-refractivity contribution < 1.29 is 24.6 Å². The number of nitrogens with zero attached hydrogens (tertiary/aromatic N) is 1. The SMILES string of the molecule is CC(CN(C(=O)C1CC1)C(C(=O)O)C(C)C)C(=O)O. The van der Waals surface area contributed by atoms with Crippen molar-refractivity contribution in [2.24, 2.45) is 17.8 Å². The molecule has 0 aromatic rings. The van der Waals surface area contributed by atoms with E-state index in [-0.39, 0.29) is 24.3 Å². The van der Waals surface area contributed by atoms with E-state index in [1.54, 1.807) is 13.8 Å². The number of amides is 1. The van der Waals surface area contributed by atoms with Crippen molar-refractivity contribution in [3.05, 3.63) is 0 Å². The molecule has 2 N–H and O–H groups in total. The maximum absolute atomic E-state index is 12.2. The fourth-order valence-corrected chi connectivity index (χ4v) is 2.06. The lowest BCUT2D eigenvalue weighted by Gasteiger charge is -2.32. The zero-order valence-corrected chi connectivity index (χ0v) is 11.5. The number of carbonyl (C=O) groups is 3. The topological polar surface area (TPSA) is 94.9 Å². The average molecular weight is 271 g/mol. The Morgan fingerprint density at radius 2 is 1.63 bits per heavy atom. The molecule has 1 saturated carbocycles. The summed E-state index contributed by atoms with van der Waals surface area (Å²) in [7, 11) is 0. The number of aliphatic carboxylic acids is 2. The highest BCUT2D eigenvalue weighted by molar-refractivity contribution is 5.87. The van der Waals surface area contributed by atoms with Gasteiger partial charge in [0, 0.05) is 12.5 Å².